The maximum absolute atomic E-state index is 5.54. The maximum Gasteiger partial charge on any atom is 0.191 e. The van der Waals surface area contributed by atoms with E-state index in [1.165, 1.54) is 0 Å². The zero-order valence-electron chi connectivity index (χ0n) is 13.7. The van der Waals surface area contributed by atoms with Crippen LogP contribution in [0.5, 0.6) is 0 Å². The summed E-state index contributed by atoms with van der Waals surface area (Å²) < 4.78 is 12.9. The van der Waals surface area contributed by atoms with E-state index in [4.69, 9.17) is 9.15 Å². The Morgan fingerprint density at radius 3 is 2.87 bits per heavy atom. The van der Waals surface area contributed by atoms with Gasteiger partial charge in [-0.15, -0.1) is 0 Å². The van der Waals surface area contributed by atoms with Crippen LogP contribution < -0.4 is 10.6 Å². The summed E-state index contributed by atoms with van der Waals surface area (Å²) in [7, 11) is 0. The number of hydrogen-bond acceptors (Lipinski definition) is 3. The van der Waals surface area contributed by atoms with Crippen LogP contribution in [-0.2, 0) is 17.9 Å². The Morgan fingerprint density at radius 2 is 2.13 bits per heavy atom. The second-order valence-corrected chi connectivity index (χ2v) is 5.09. The maximum atomic E-state index is 5.54. The fourth-order valence-corrected chi connectivity index (χ4v) is 2.09. The third-order valence-corrected chi connectivity index (χ3v) is 3.21. The molecule has 0 saturated carbocycles. The van der Waals surface area contributed by atoms with Gasteiger partial charge < -0.3 is 24.4 Å². The monoisotopic (exact) mass is 318 g/mol. The van der Waals surface area contributed by atoms with Crippen molar-refractivity contribution in [3.8, 4) is 0 Å². The van der Waals surface area contributed by atoms with E-state index in [1.807, 2.05) is 24.3 Å². The molecule has 0 atom stereocenters. The minimum Gasteiger partial charge on any atom is -0.467 e. The second kappa shape index (κ2) is 10.5. The number of nitrogens with zero attached hydrogens (tertiary/aromatic N) is 2. The first-order chi connectivity index (χ1) is 11.4. The van der Waals surface area contributed by atoms with Gasteiger partial charge in [-0.2, -0.15) is 0 Å². The summed E-state index contributed by atoms with van der Waals surface area (Å²) in [5.41, 5.74) is 0. The van der Waals surface area contributed by atoms with Gasteiger partial charge in [0, 0.05) is 45.2 Å². The Bertz CT molecular complexity index is 535. The molecule has 2 N–H and O–H groups in total. The van der Waals surface area contributed by atoms with E-state index < -0.39 is 0 Å². The van der Waals surface area contributed by atoms with E-state index in [-0.39, 0.29) is 0 Å². The highest BCUT2D eigenvalue weighted by Gasteiger charge is 1.98. The highest BCUT2D eigenvalue weighted by molar-refractivity contribution is 5.79. The number of hydrogen-bond donors (Lipinski definition) is 2. The smallest absolute Gasteiger partial charge is 0.191 e. The summed E-state index contributed by atoms with van der Waals surface area (Å²) in [6, 6.07) is 7.84. The molecule has 0 bridgehead atoms. The van der Waals surface area contributed by atoms with Crippen molar-refractivity contribution in [2.24, 2.45) is 4.99 Å². The quantitative estimate of drug-likeness (QED) is 0.401. The van der Waals surface area contributed by atoms with Crippen LogP contribution in [-0.4, -0.2) is 36.8 Å². The first-order valence-corrected chi connectivity index (χ1v) is 8.11. The van der Waals surface area contributed by atoms with E-state index in [1.54, 1.807) is 6.26 Å². The van der Waals surface area contributed by atoms with E-state index in [0.717, 1.165) is 44.3 Å². The molecule has 0 aliphatic rings. The molecule has 6 nitrogen and oxygen atoms in total. The molecular weight excluding hydrogens is 292 g/mol. The van der Waals surface area contributed by atoms with Crippen LogP contribution in [0.4, 0.5) is 0 Å². The number of nitrogens with one attached hydrogen (secondary N) is 2. The highest BCUT2D eigenvalue weighted by Crippen LogP contribution is 2.01. The molecule has 2 rings (SSSR count). The van der Waals surface area contributed by atoms with Crippen LogP contribution >= 0.6 is 0 Å². The number of rotatable bonds is 10. The average molecular weight is 318 g/mol. The molecule has 126 valence electrons. The van der Waals surface area contributed by atoms with Crippen molar-refractivity contribution in [1.29, 1.82) is 0 Å². The van der Waals surface area contributed by atoms with Crippen molar-refractivity contribution in [1.82, 2.24) is 15.2 Å². The molecule has 0 amide bonds. The number of aromatic nitrogens is 1. The van der Waals surface area contributed by atoms with E-state index in [9.17, 15) is 0 Å². The topological polar surface area (TPSA) is 63.7 Å². The van der Waals surface area contributed by atoms with E-state index in [2.05, 4.69) is 39.5 Å². The number of furan rings is 1. The molecule has 0 aromatic carbocycles. The minimum absolute atomic E-state index is 0.520. The normalized spacial score (nSPS) is 11.6. The van der Waals surface area contributed by atoms with Gasteiger partial charge in [0.1, 0.15) is 12.4 Å². The van der Waals surface area contributed by atoms with Crippen LogP contribution in [0.15, 0.2) is 52.3 Å². The van der Waals surface area contributed by atoms with Crippen molar-refractivity contribution >= 4 is 5.96 Å². The first kappa shape index (κ1) is 17.1. The van der Waals surface area contributed by atoms with Gasteiger partial charge in [0.25, 0.3) is 0 Å². The lowest BCUT2D eigenvalue weighted by Gasteiger charge is -2.11. The van der Waals surface area contributed by atoms with Crippen molar-refractivity contribution < 1.29 is 9.15 Å². The van der Waals surface area contributed by atoms with Crippen LogP contribution in [0.3, 0.4) is 0 Å². The van der Waals surface area contributed by atoms with E-state index >= 15 is 0 Å². The first-order valence-electron chi connectivity index (χ1n) is 8.11. The number of ether oxygens (including phenoxy) is 1. The Labute approximate surface area is 137 Å². The lowest BCUT2D eigenvalue weighted by Crippen LogP contribution is -2.38. The lowest BCUT2D eigenvalue weighted by molar-refractivity contribution is 0.105. The lowest BCUT2D eigenvalue weighted by atomic mass is 10.4. The zero-order chi connectivity index (χ0) is 16.2. The molecule has 0 radical (unpaired) electrons. The van der Waals surface area contributed by atoms with Gasteiger partial charge in [0.15, 0.2) is 5.96 Å². The summed E-state index contributed by atoms with van der Waals surface area (Å²) >= 11 is 0. The van der Waals surface area contributed by atoms with Crippen LogP contribution in [0.1, 0.15) is 19.1 Å². The largest absolute Gasteiger partial charge is 0.467 e. The molecule has 0 spiro atoms. The summed E-state index contributed by atoms with van der Waals surface area (Å²) in [5, 5.41) is 6.58. The predicted octanol–water partition coefficient (Wildman–Crippen LogP) is 2.24. The van der Waals surface area contributed by atoms with E-state index in [0.29, 0.717) is 13.2 Å². The molecule has 2 heterocycles. The molecule has 2 aromatic heterocycles. The van der Waals surface area contributed by atoms with Gasteiger partial charge in [-0.05, 0) is 37.6 Å². The summed E-state index contributed by atoms with van der Waals surface area (Å²) in [4.78, 5) is 4.55. The SMILES string of the molecule is CCNC(=NCCCOCc1ccco1)NCCn1cccc1. The fraction of sp³-hybridized carbons (Fsp3) is 0.471. The second-order valence-electron chi connectivity index (χ2n) is 5.09. The molecule has 2 aromatic rings. The number of aliphatic imine (C=N–C) groups is 1. The molecule has 0 unspecified atom stereocenters. The Morgan fingerprint density at radius 1 is 1.26 bits per heavy atom. The van der Waals surface area contributed by atoms with Gasteiger partial charge in [0.05, 0.1) is 6.26 Å². The van der Waals surface area contributed by atoms with Crippen LogP contribution in [0.2, 0.25) is 0 Å². The summed E-state index contributed by atoms with van der Waals surface area (Å²) in [6.45, 7) is 6.61. The summed E-state index contributed by atoms with van der Waals surface area (Å²) in [5.74, 6) is 1.71. The molecular formula is C17H26N4O2. The van der Waals surface area contributed by atoms with Crippen LogP contribution in [0, 0.1) is 0 Å². The van der Waals surface area contributed by atoms with Gasteiger partial charge in [0.2, 0.25) is 0 Å². The molecule has 0 aliphatic heterocycles. The van der Waals surface area contributed by atoms with Gasteiger partial charge in [-0.3, -0.25) is 4.99 Å². The fourth-order valence-electron chi connectivity index (χ4n) is 2.09. The van der Waals surface area contributed by atoms with Gasteiger partial charge in [-0.1, -0.05) is 0 Å². The third kappa shape index (κ3) is 7.06. The van der Waals surface area contributed by atoms with Crippen molar-refractivity contribution in [2.75, 3.05) is 26.2 Å². The minimum atomic E-state index is 0.520. The Kier molecular flexibility index (Phi) is 7.83. The third-order valence-electron chi connectivity index (χ3n) is 3.21. The average Bonchev–Trinajstić information content (AvgIpc) is 3.24. The van der Waals surface area contributed by atoms with Crippen molar-refractivity contribution in [3.05, 3.63) is 48.7 Å². The molecule has 0 aliphatic carbocycles. The van der Waals surface area contributed by atoms with Gasteiger partial charge >= 0.3 is 0 Å². The van der Waals surface area contributed by atoms with Crippen LogP contribution in [0.25, 0.3) is 0 Å². The summed E-state index contributed by atoms with van der Waals surface area (Å²) in [6.07, 6.45) is 6.66. The highest BCUT2D eigenvalue weighted by atomic mass is 16.5. The molecule has 6 heteroatoms. The Balaban J connectivity index is 1.58. The number of guanidine groups is 1. The standard InChI is InChI=1S/C17H26N4O2/c1-2-18-17(20-9-12-21-10-3-4-11-21)19-8-6-13-22-15-16-7-5-14-23-16/h3-5,7,10-11,14H,2,6,8-9,12-13,15H2,1H3,(H2,18,19,20). The predicted molar refractivity (Wildman–Crippen MR) is 91.4 cm³/mol. The van der Waals surface area contributed by atoms with Gasteiger partial charge in [-0.25, -0.2) is 0 Å². The van der Waals surface area contributed by atoms with Crippen molar-refractivity contribution in [2.45, 2.75) is 26.5 Å². The molecule has 0 saturated heterocycles. The molecule has 23 heavy (non-hydrogen) atoms. The molecule has 0 fully saturated rings. The zero-order valence-corrected chi connectivity index (χ0v) is 13.7. The van der Waals surface area contributed by atoms with Crippen molar-refractivity contribution in [3.63, 3.8) is 0 Å². The Hall–Kier alpha value is -2.21.